The van der Waals surface area contributed by atoms with Crippen molar-refractivity contribution in [2.24, 2.45) is 13.0 Å². The number of fused-ring (bicyclic) bond motifs is 4. The molecule has 43 heavy (non-hydrogen) atoms. The predicted octanol–water partition coefficient (Wildman–Crippen LogP) is 2.37. The molecule has 0 radical (unpaired) electrons. The zero-order chi connectivity index (χ0) is 30.8. The van der Waals surface area contributed by atoms with Crippen LogP contribution in [0.25, 0.3) is 11.2 Å². The third-order valence-electron chi connectivity index (χ3n) is 8.43. The van der Waals surface area contributed by atoms with E-state index in [-0.39, 0.29) is 36.4 Å². The molecular weight excluding hydrogens is 553 g/mol. The van der Waals surface area contributed by atoms with Crippen molar-refractivity contribution in [2.75, 3.05) is 26.2 Å². The molecule has 0 spiro atoms. The van der Waals surface area contributed by atoms with Crippen LogP contribution in [0.1, 0.15) is 65.2 Å². The fourth-order valence-electron chi connectivity index (χ4n) is 5.77. The molecule has 0 aliphatic carbocycles. The molecule has 0 unspecified atom stereocenters. The fourth-order valence-corrected chi connectivity index (χ4v) is 5.77. The SMILES string of the molecule is Cc1nc2c(C(=O)N3CC(=O)NCCCc4ccc(F)c(c4)C(=O)N4CCC[C@H]4C(=O)N[C@H](C(C)C)C3)ccnc2n1C. The molecule has 2 aromatic heterocycles. The van der Waals surface area contributed by atoms with Crippen molar-refractivity contribution in [2.45, 2.75) is 58.5 Å². The zero-order valence-electron chi connectivity index (χ0n) is 25.0. The van der Waals surface area contributed by atoms with Crippen molar-refractivity contribution >= 4 is 34.8 Å². The Bertz CT molecular complexity index is 1570. The van der Waals surface area contributed by atoms with Gasteiger partial charge in [-0.2, -0.15) is 0 Å². The number of hydrogen-bond acceptors (Lipinski definition) is 6. The summed E-state index contributed by atoms with van der Waals surface area (Å²) in [5.41, 5.74) is 2.01. The lowest BCUT2D eigenvalue weighted by Crippen LogP contribution is -2.54. The summed E-state index contributed by atoms with van der Waals surface area (Å²) in [5, 5.41) is 5.92. The fraction of sp³-hybridized carbons (Fsp3) is 0.484. The van der Waals surface area contributed by atoms with Gasteiger partial charge >= 0.3 is 0 Å². The lowest BCUT2D eigenvalue weighted by Gasteiger charge is -2.32. The van der Waals surface area contributed by atoms with Crippen molar-refractivity contribution in [3.63, 3.8) is 0 Å². The van der Waals surface area contributed by atoms with E-state index < -0.39 is 29.7 Å². The van der Waals surface area contributed by atoms with E-state index >= 15 is 0 Å². The van der Waals surface area contributed by atoms with Crippen LogP contribution < -0.4 is 10.6 Å². The van der Waals surface area contributed by atoms with Gasteiger partial charge in [0.2, 0.25) is 11.8 Å². The van der Waals surface area contributed by atoms with Gasteiger partial charge in [-0.25, -0.2) is 14.4 Å². The van der Waals surface area contributed by atoms with Crippen molar-refractivity contribution in [1.82, 2.24) is 35.0 Å². The topological polar surface area (TPSA) is 130 Å². The molecule has 4 amide bonds. The van der Waals surface area contributed by atoms with Gasteiger partial charge in [0, 0.05) is 38.9 Å². The Hall–Kier alpha value is -4.35. The Balaban J connectivity index is 1.48. The van der Waals surface area contributed by atoms with Crippen LogP contribution in [0.15, 0.2) is 30.5 Å². The van der Waals surface area contributed by atoms with Crippen LogP contribution in [0.4, 0.5) is 4.39 Å². The van der Waals surface area contributed by atoms with Crippen LogP contribution in [0.3, 0.4) is 0 Å². The monoisotopic (exact) mass is 591 g/mol. The van der Waals surface area contributed by atoms with Gasteiger partial charge in [0.05, 0.1) is 17.7 Å². The zero-order valence-corrected chi connectivity index (χ0v) is 25.0. The average Bonchev–Trinajstić information content (AvgIpc) is 3.58. The predicted molar refractivity (Wildman–Crippen MR) is 158 cm³/mol. The number of pyridine rings is 1. The van der Waals surface area contributed by atoms with E-state index in [9.17, 15) is 23.6 Å². The third kappa shape index (κ3) is 6.23. The lowest BCUT2D eigenvalue weighted by molar-refractivity contribution is -0.126. The van der Waals surface area contributed by atoms with E-state index in [4.69, 9.17) is 0 Å². The highest BCUT2D eigenvalue weighted by molar-refractivity contribution is 6.05. The highest BCUT2D eigenvalue weighted by atomic mass is 19.1. The Morgan fingerprint density at radius 1 is 1.14 bits per heavy atom. The van der Waals surface area contributed by atoms with Gasteiger partial charge in [-0.1, -0.05) is 19.9 Å². The molecule has 2 aliphatic heterocycles. The lowest BCUT2D eigenvalue weighted by atomic mass is 10.0. The van der Waals surface area contributed by atoms with E-state index in [0.29, 0.717) is 61.3 Å². The number of halogens is 1. The van der Waals surface area contributed by atoms with Crippen molar-refractivity contribution in [3.05, 3.63) is 58.8 Å². The maximum absolute atomic E-state index is 14.8. The van der Waals surface area contributed by atoms with Crippen molar-refractivity contribution in [1.29, 1.82) is 0 Å². The Morgan fingerprint density at radius 3 is 2.70 bits per heavy atom. The number of nitrogens with one attached hydrogen (secondary N) is 2. The van der Waals surface area contributed by atoms with Crippen LogP contribution >= 0.6 is 0 Å². The van der Waals surface area contributed by atoms with Crippen LogP contribution in [0.2, 0.25) is 0 Å². The second-order valence-electron chi connectivity index (χ2n) is 11.7. The van der Waals surface area contributed by atoms with E-state index in [0.717, 1.165) is 5.56 Å². The van der Waals surface area contributed by atoms with Gasteiger partial charge in [0.25, 0.3) is 11.8 Å². The molecule has 1 aromatic carbocycles. The number of aromatic nitrogens is 3. The van der Waals surface area contributed by atoms with E-state index in [2.05, 4.69) is 20.6 Å². The minimum atomic E-state index is -0.767. The highest BCUT2D eigenvalue weighted by Gasteiger charge is 2.37. The third-order valence-corrected chi connectivity index (χ3v) is 8.43. The minimum absolute atomic E-state index is 0.0569. The van der Waals surface area contributed by atoms with E-state index in [1.165, 1.54) is 21.9 Å². The normalized spacial score (nSPS) is 20.7. The number of imidazole rings is 1. The summed E-state index contributed by atoms with van der Waals surface area (Å²) in [6, 6.07) is 4.74. The molecule has 2 N–H and O–H groups in total. The van der Waals surface area contributed by atoms with Crippen LogP contribution in [0, 0.1) is 18.7 Å². The summed E-state index contributed by atoms with van der Waals surface area (Å²) in [4.78, 5) is 66.1. The number of amides is 4. The van der Waals surface area contributed by atoms with Crippen LogP contribution in [-0.2, 0) is 23.1 Å². The summed E-state index contributed by atoms with van der Waals surface area (Å²) in [6.45, 7) is 6.17. The Kier molecular flexibility index (Phi) is 8.74. The molecule has 12 heteroatoms. The molecule has 5 rings (SSSR count). The summed E-state index contributed by atoms with van der Waals surface area (Å²) >= 11 is 0. The number of benzene rings is 1. The van der Waals surface area contributed by atoms with E-state index in [1.807, 2.05) is 27.8 Å². The van der Waals surface area contributed by atoms with Gasteiger partial charge in [-0.15, -0.1) is 0 Å². The second kappa shape index (κ2) is 12.5. The van der Waals surface area contributed by atoms with Gasteiger partial charge in [0.1, 0.15) is 23.2 Å². The number of aryl methyl sites for hydroxylation is 3. The first-order valence-corrected chi connectivity index (χ1v) is 14.8. The molecule has 2 bridgehead atoms. The van der Waals surface area contributed by atoms with Gasteiger partial charge < -0.3 is 25.0 Å². The first kappa shape index (κ1) is 30.1. The molecule has 1 saturated heterocycles. The quantitative estimate of drug-likeness (QED) is 0.471. The van der Waals surface area contributed by atoms with Gasteiger partial charge in [-0.3, -0.25) is 19.2 Å². The number of carbonyl (C=O) groups excluding carboxylic acids is 4. The molecule has 11 nitrogen and oxygen atoms in total. The maximum atomic E-state index is 14.8. The first-order valence-electron chi connectivity index (χ1n) is 14.8. The number of hydrogen-bond donors (Lipinski definition) is 2. The molecule has 2 atom stereocenters. The number of nitrogens with zero attached hydrogens (tertiary/aromatic N) is 5. The number of rotatable bonds is 2. The molecule has 228 valence electrons. The summed E-state index contributed by atoms with van der Waals surface area (Å²) < 4.78 is 16.6. The molecule has 1 fully saturated rings. The second-order valence-corrected chi connectivity index (χ2v) is 11.7. The first-order chi connectivity index (χ1) is 20.5. The molecule has 0 saturated carbocycles. The molecule has 4 heterocycles. The smallest absolute Gasteiger partial charge is 0.257 e. The van der Waals surface area contributed by atoms with E-state index in [1.54, 1.807) is 22.9 Å². The minimum Gasteiger partial charge on any atom is -0.355 e. The summed E-state index contributed by atoms with van der Waals surface area (Å²) in [6.07, 6.45) is 3.67. The van der Waals surface area contributed by atoms with Crippen LogP contribution in [0.5, 0.6) is 0 Å². The van der Waals surface area contributed by atoms with Gasteiger partial charge in [-0.05, 0) is 62.3 Å². The maximum Gasteiger partial charge on any atom is 0.257 e. The van der Waals surface area contributed by atoms with Crippen molar-refractivity contribution < 1.29 is 23.6 Å². The van der Waals surface area contributed by atoms with Gasteiger partial charge in [0.15, 0.2) is 5.65 Å². The molecule has 3 aromatic rings. The standard InChI is InChI=1S/C31H38FN7O4/c1-18(2)24-16-38(30(42)21-11-13-34-28-27(21)35-19(3)37(28)4)17-26(40)33-12-5-7-20-9-10-23(32)22(15-20)31(43)39-14-6-8-25(39)29(41)36-24/h9-11,13,15,18,24-25H,5-8,12,14,16-17H2,1-4H3,(H,33,40)(H,36,41)/t24-,25-/m0/s1. The van der Waals surface area contributed by atoms with Crippen LogP contribution in [-0.4, -0.2) is 86.2 Å². The van der Waals surface area contributed by atoms with Crippen molar-refractivity contribution in [3.8, 4) is 0 Å². The molecular formula is C31H38FN7O4. The Labute approximate surface area is 249 Å². The molecule has 2 aliphatic rings. The Morgan fingerprint density at radius 2 is 1.93 bits per heavy atom. The summed E-state index contributed by atoms with van der Waals surface area (Å²) in [7, 11) is 1.82. The summed E-state index contributed by atoms with van der Waals surface area (Å²) in [5.74, 6) is -1.67. The largest absolute Gasteiger partial charge is 0.355 e. The number of carbonyl (C=O) groups is 4. The average molecular weight is 592 g/mol. The highest BCUT2D eigenvalue weighted by Crippen LogP contribution is 2.24.